The highest BCUT2D eigenvalue weighted by Gasteiger charge is 2.71. The highest BCUT2D eigenvalue weighted by atomic mass is 35.5. The molecule has 0 N–H and O–H groups in total. The molecule has 4 fully saturated rings. The molecule has 0 aromatic rings. The van der Waals surface area contributed by atoms with Crippen molar-refractivity contribution in [3.8, 4) is 6.07 Å². The van der Waals surface area contributed by atoms with Crippen molar-refractivity contribution in [3.63, 3.8) is 0 Å². The summed E-state index contributed by atoms with van der Waals surface area (Å²) in [5, 5.41) is 9.80. The molecule has 0 heterocycles. The van der Waals surface area contributed by atoms with E-state index in [4.69, 9.17) is 11.6 Å². The van der Waals surface area contributed by atoms with Crippen LogP contribution in [0.4, 0.5) is 0 Å². The third kappa shape index (κ3) is 3.19. The van der Waals surface area contributed by atoms with E-state index in [-0.39, 0.29) is 33.3 Å². The Hall–Kier alpha value is -1.14. The lowest BCUT2D eigenvalue weighted by Crippen LogP contribution is -2.65. The van der Waals surface area contributed by atoms with Crippen LogP contribution in [0.25, 0.3) is 0 Å². The highest BCUT2D eigenvalue weighted by Crippen LogP contribution is 2.76. The normalized spacial score (nSPS) is 48.1. The Balaban J connectivity index is 1.81. The van der Waals surface area contributed by atoms with Crippen LogP contribution in [0.5, 0.6) is 0 Å². The summed E-state index contributed by atoms with van der Waals surface area (Å²) >= 11 is 6.40. The predicted octanol–water partition coefficient (Wildman–Crippen LogP) is 7.73. The predicted molar refractivity (Wildman–Crippen MR) is 137 cm³/mol. The van der Waals surface area contributed by atoms with Gasteiger partial charge in [0.1, 0.15) is 6.29 Å². The summed E-state index contributed by atoms with van der Waals surface area (Å²) in [6.07, 6.45) is 9.63. The zero-order valence-corrected chi connectivity index (χ0v) is 22.9. The number of halogens is 1. The van der Waals surface area contributed by atoms with E-state index in [1.165, 1.54) is 5.57 Å². The number of rotatable bonds is 5. The minimum atomic E-state index is -0.437. The molecule has 0 aromatic heterocycles. The monoisotopic (exact) mass is 485 g/mol. The van der Waals surface area contributed by atoms with E-state index >= 15 is 0 Å². The van der Waals surface area contributed by atoms with Gasteiger partial charge in [-0.3, -0.25) is 4.79 Å². The summed E-state index contributed by atoms with van der Waals surface area (Å²) < 4.78 is 0. The summed E-state index contributed by atoms with van der Waals surface area (Å²) in [5.41, 5.74) is 0.328. The number of hydrogen-bond donors (Lipinski definition) is 0. The number of allylic oxidation sites excluding steroid dienone is 1. The van der Waals surface area contributed by atoms with Gasteiger partial charge in [0, 0.05) is 17.3 Å². The number of hydrogen-bond acceptors (Lipinski definition) is 3. The first kappa shape index (κ1) is 25.9. The minimum Gasteiger partial charge on any atom is -0.303 e. The molecule has 0 amide bonds. The molecule has 4 rings (SSSR count). The first-order valence-electron chi connectivity index (χ1n) is 13.4. The number of carbonyl (C=O) groups excluding carboxylic acids is 2. The quantitative estimate of drug-likeness (QED) is 0.227. The second kappa shape index (κ2) is 8.19. The number of nitrogens with zero attached hydrogens (tertiary/aromatic N) is 1. The van der Waals surface area contributed by atoms with Gasteiger partial charge in [-0.05, 0) is 116 Å². The van der Waals surface area contributed by atoms with Crippen molar-refractivity contribution in [1.82, 2.24) is 0 Å². The van der Waals surface area contributed by atoms with Crippen LogP contribution in [0.1, 0.15) is 99.3 Å². The molecule has 0 aliphatic heterocycles. The van der Waals surface area contributed by atoms with Gasteiger partial charge in [0.15, 0.2) is 0 Å². The van der Waals surface area contributed by atoms with Crippen LogP contribution in [0.15, 0.2) is 12.2 Å². The number of fused-ring (bicyclic) bond motifs is 5. The van der Waals surface area contributed by atoms with Crippen molar-refractivity contribution in [2.24, 2.45) is 56.7 Å². The average Bonchev–Trinajstić information content (AvgIpc) is 3.16. The van der Waals surface area contributed by atoms with Crippen LogP contribution >= 0.6 is 11.6 Å². The standard InChI is InChI=1S/C30H44ClNO2/c1-19(2)20-10-13-30(25(31)34)15-14-28(6)21(24(20)30)8-9-23-27(5,16-17-32)22(26(3,4)18-33)11-12-29(23,28)7/h18,20-24H,1,8-16H2,2-7H3/t20-,21+,22-,23+,24+,27-,28+,29+,30-/m0/s1. The van der Waals surface area contributed by atoms with Gasteiger partial charge >= 0.3 is 0 Å². The molecule has 0 aromatic carbocycles. The van der Waals surface area contributed by atoms with Crippen molar-refractivity contribution in [2.45, 2.75) is 99.3 Å². The first-order chi connectivity index (χ1) is 15.7. The molecule has 9 atom stereocenters. The van der Waals surface area contributed by atoms with Crippen LogP contribution in [-0.2, 0) is 9.59 Å². The van der Waals surface area contributed by atoms with Crippen molar-refractivity contribution < 1.29 is 9.59 Å². The molecule has 0 bridgehead atoms. The SMILES string of the molecule is C=C(C)[C@@H]1CC[C@]2(C(=O)Cl)CC[C@]3(C)[C@H](CC[C@@H]4[C@@](C)(CC#N)[C@H](C(C)(C)C=O)CC[C@]43C)[C@@H]12. The molecular weight excluding hydrogens is 442 g/mol. The van der Waals surface area contributed by atoms with Crippen molar-refractivity contribution >= 4 is 23.1 Å². The number of aldehydes is 1. The maximum atomic E-state index is 13.0. The molecule has 4 saturated carbocycles. The fourth-order valence-corrected chi connectivity index (χ4v) is 10.9. The van der Waals surface area contributed by atoms with Gasteiger partial charge in [0.25, 0.3) is 0 Å². The number of carbonyl (C=O) groups is 2. The zero-order chi connectivity index (χ0) is 25.3. The molecule has 34 heavy (non-hydrogen) atoms. The fourth-order valence-electron chi connectivity index (χ4n) is 10.6. The molecule has 0 spiro atoms. The maximum absolute atomic E-state index is 13.0. The topological polar surface area (TPSA) is 57.9 Å². The van der Waals surface area contributed by atoms with Crippen LogP contribution < -0.4 is 0 Å². The Morgan fingerprint density at radius 3 is 2.32 bits per heavy atom. The van der Waals surface area contributed by atoms with E-state index in [1.54, 1.807) is 0 Å². The Morgan fingerprint density at radius 1 is 1.09 bits per heavy atom. The van der Waals surface area contributed by atoms with Crippen molar-refractivity contribution in [2.75, 3.05) is 0 Å². The van der Waals surface area contributed by atoms with E-state index in [0.29, 0.717) is 24.2 Å². The smallest absolute Gasteiger partial charge is 0.228 e. The Morgan fingerprint density at radius 2 is 1.76 bits per heavy atom. The molecule has 0 unspecified atom stereocenters. The van der Waals surface area contributed by atoms with E-state index in [0.717, 1.165) is 57.7 Å². The Bertz CT molecular complexity index is 935. The lowest BCUT2D eigenvalue weighted by Gasteiger charge is -2.71. The largest absolute Gasteiger partial charge is 0.303 e. The molecule has 4 heteroatoms. The molecule has 188 valence electrons. The summed E-state index contributed by atoms with van der Waals surface area (Å²) in [6, 6.07) is 2.53. The van der Waals surface area contributed by atoms with Crippen LogP contribution in [0.2, 0.25) is 0 Å². The summed E-state index contributed by atoms with van der Waals surface area (Å²) in [7, 11) is 0. The van der Waals surface area contributed by atoms with Crippen LogP contribution in [0, 0.1) is 68.0 Å². The van der Waals surface area contributed by atoms with Gasteiger partial charge in [0.05, 0.1) is 6.07 Å². The molecule has 4 aliphatic carbocycles. The van der Waals surface area contributed by atoms with Gasteiger partial charge < -0.3 is 4.79 Å². The van der Waals surface area contributed by atoms with Crippen molar-refractivity contribution in [3.05, 3.63) is 12.2 Å². The lowest BCUT2D eigenvalue weighted by molar-refractivity contribution is -0.223. The van der Waals surface area contributed by atoms with E-state index in [1.807, 2.05) is 0 Å². The first-order valence-corrected chi connectivity index (χ1v) is 13.8. The molecule has 4 aliphatic rings. The van der Waals surface area contributed by atoms with Gasteiger partial charge in [-0.25, -0.2) is 0 Å². The molecular formula is C30H44ClNO2. The van der Waals surface area contributed by atoms with Gasteiger partial charge in [-0.1, -0.05) is 46.8 Å². The van der Waals surface area contributed by atoms with Crippen LogP contribution in [0.3, 0.4) is 0 Å². The van der Waals surface area contributed by atoms with Gasteiger partial charge in [0.2, 0.25) is 5.24 Å². The fraction of sp³-hybridized carbons (Fsp3) is 0.833. The van der Waals surface area contributed by atoms with Crippen LogP contribution in [-0.4, -0.2) is 11.5 Å². The molecule has 0 saturated heterocycles. The third-order valence-electron chi connectivity index (χ3n) is 12.4. The minimum absolute atomic E-state index is 0.0702. The number of nitriles is 1. The van der Waals surface area contributed by atoms with Gasteiger partial charge in [-0.2, -0.15) is 5.26 Å². The summed E-state index contributed by atoms with van der Waals surface area (Å²) in [6.45, 7) is 17.9. The van der Waals surface area contributed by atoms with E-state index in [2.05, 4.69) is 54.2 Å². The summed E-state index contributed by atoms with van der Waals surface area (Å²) in [4.78, 5) is 25.1. The third-order valence-corrected chi connectivity index (χ3v) is 12.8. The van der Waals surface area contributed by atoms with E-state index in [9.17, 15) is 14.9 Å². The zero-order valence-electron chi connectivity index (χ0n) is 22.2. The van der Waals surface area contributed by atoms with E-state index < -0.39 is 10.8 Å². The Kier molecular flexibility index (Phi) is 6.25. The highest BCUT2D eigenvalue weighted by molar-refractivity contribution is 6.64. The van der Waals surface area contributed by atoms with Gasteiger partial charge in [-0.15, -0.1) is 0 Å². The maximum Gasteiger partial charge on any atom is 0.228 e. The van der Waals surface area contributed by atoms with Crippen molar-refractivity contribution in [1.29, 1.82) is 5.26 Å². The second-order valence-corrected chi connectivity index (χ2v) is 14.2. The Labute approximate surface area is 212 Å². The average molecular weight is 486 g/mol. The molecule has 3 nitrogen and oxygen atoms in total. The second-order valence-electron chi connectivity index (χ2n) is 13.9. The summed E-state index contributed by atoms with van der Waals surface area (Å²) in [5.74, 6) is 1.68. The lowest BCUT2D eigenvalue weighted by atomic mass is 9.33. The molecule has 0 radical (unpaired) electrons.